The van der Waals surface area contributed by atoms with Crippen molar-refractivity contribution in [1.82, 2.24) is 9.47 Å². The monoisotopic (exact) mass is 379 g/mol. The van der Waals surface area contributed by atoms with Crippen LogP contribution in [-0.2, 0) is 20.9 Å². The Labute approximate surface area is 154 Å². The van der Waals surface area contributed by atoms with E-state index in [1.165, 1.54) is 12.1 Å². The van der Waals surface area contributed by atoms with Crippen LogP contribution in [0, 0.1) is 10.1 Å². The van der Waals surface area contributed by atoms with Crippen LogP contribution in [0.1, 0.15) is 27.7 Å². The fourth-order valence-electron chi connectivity index (χ4n) is 2.88. The number of non-ortho nitro benzene ring substituents is 1. The molecule has 0 spiro atoms. The highest BCUT2D eigenvalue weighted by molar-refractivity contribution is 5.82. The average Bonchev–Trinajstić information content (AvgIpc) is 2.87. The van der Waals surface area contributed by atoms with Crippen molar-refractivity contribution < 1.29 is 23.7 Å². The van der Waals surface area contributed by atoms with Crippen molar-refractivity contribution >= 4 is 28.7 Å². The predicted octanol–water partition coefficient (Wildman–Crippen LogP) is 1.69. The van der Waals surface area contributed by atoms with Crippen LogP contribution < -0.4 is 5.76 Å². The third-order valence-corrected chi connectivity index (χ3v) is 3.91. The van der Waals surface area contributed by atoms with Gasteiger partial charge in [-0.2, -0.15) is 0 Å². The third-order valence-electron chi connectivity index (χ3n) is 3.91. The molecule has 0 fully saturated rings. The van der Waals surface area contributed by atoms with Crippen LogP contribution in [0.25, 0.3) is 11.1 Å². The number of nitro groups is 1. The van der Waals surface area contributed by atoms with E-state index in [1.807, 2.05) is 27.7 Å². The summed E-state index contributed by atoms with van der Waals surface area (Å²) in [5.41, 5.74) is -0.0252. The molecule has 1 aromatic carbocycles. The molecule has 0 bridgehead atoms. The van der Waals surface area contributed by atoms with Crippen molar-refractivity contribution in [2.45, 2.75) is 46.3 Å². The maximum Gasteiger partial charge on any atom is 0.420 e. The van der Waals surface area contributed by atoms with Gasteiger partial charge in [0.15, 0.2) is 12.2 Å². The molecule has 1 amide bonds. The standard InChI is InChI=1S/C17H21N3O7/c1-10(2)19(11(3)4)15(21)9-26-16(22)8-18-13-6-5-12(20(24)25)7-14(13)27-17(18)23/h5-7,10-11H,8-9H2,1-4H3. The van der Waals surface area contributed by atoms with E-state index in [1.54, 1.807) is 4.90 Å². The molecule has 0 unspecified atom stereocenters. The summed E-state index contributed by atoms with van der Waals surface area (Å²) in [6, 6.07) is 3.52. The minimum atomic E-state index is -0.847. The summed E-state index contributed by atoms with van der Waals surface area (Å²) in [6.07, 6.45) is 0. The second-order valence-corrected chi connectivity index (χ2v) is 6.51. The number of nitro benzene ring substituents is 1. The number of amides is 1. The number of aromatic nitrogens is 1. The fourth-order valence-corrected chi connectivity index (χ4v) is 2.88. The van der Waals surface area contributed by atoms with E-state index in [2.05, 4.69) is 0 Å². The quantitative estimate of drug-likeness (QED) is 0.407. The molecule has 2 aromatic rings. The van der Waals surface area contributed by atoms with E-state index in [4.69, 9.17) is 9.15 Å². The number of oxazole rings is 1. The predicted molar refractivity (Wildman–Crippen MR) is 95.2 cm³/mol. The largest absolute Gasteiger partial charge is 0.454 e. The number of hydrogen-bond acceptors (Lipinski definition) is 7. The Bertz CT molecular complexity index is 918. The van der Waals surface area contributed by atoms with Gasteiger partial charge in [-0.25, -0.2) is 4.79 Å². The van der Waals surface area contributed by atoms with Crippen LogP contribution >= 0.6 is 0 Å². The molecule has 0 saturated carbocycles. The third kappa shape index (κ3) is 4.52. The molecule has 0 saturated heterocycles. The van der Waals surface area contributed by atoms with E-state index in [-0.39, 0.29) is 34.8 Å². The topological polar surface area (TPSA) is 125 Å². The smallest absolute Gasteiger partial charge is 0.420 e. The first-order valence-electron chi connectivity index (χ1n) is 8.36. The van der Waals surface area contributed by atoms with Crippen molar-refractivity contribution in [3.63, 3.8) is 0 Å². The van der Waals surface area contributed by atoms with E-state index >= 15 is 0 Å². The van der Waals surface area contributed by atoms with Crippen molar-refractivity contribution in [2.75, 3.05) is 6.61 Å². The van der Waals surface area contributed by atoms with E-state index in [9.17, 15) is 24.5 Å². The number of benzene rings is 1. The van der Waals surface area contributed by atoms with Crippen LogP contribution in [0.2, 0.25) is 0 Å². The Morgan fingerprint density at radius 3 is 2.44 bits per heavy atom. The highest BCUT2D eigenvalue weighted by atomic mass is 16.6. The molecule has 10 heteroatoms. The highest BCUT2D eigenvalue weighted by Gasteiger charge is 2.22. The second kappa shape index (κ2) is 8.02. The minimum absolute atomic E-state index is 0.0103. The molecular weight excluding hydrogens is 358 g/mol. The van der Waals surface area contributed by atoms with Crippen LogP contribution in [0.4, 0.5) is 5.69 Å². The Hall–Kier alpha value is -3.17. The lowest BCUT2D eigenvalue weighted by Crippen LogP contribution is -2.44. The van der Waals surface area contributed by atoms with Gasteiger partial charge < -0.3 is 14.1 Å². The van der Waals surface area contributed by atoms with Gasteiger partial charge in [0.25, 0.3) is 11.6 Å². The Balaban J connectivity index is 2.10. The number of carbonyl (C=O) groups excluding carboxylic acids is 2. The second-order valence-electron chi connectivity index (χ2n) is 6.51. The summed E-state index contributed by atoms with van der Waals surface area (Å²) in [4.78, 5) is 47.9. The van der Waals surface area contributed by atoms with Crippen LogP contribution in [0.5, 0.6) is 0 Å². The Morgan fingerprint density at radius 1 is 1.26 bits per heavy atom. The summed E-state index contributed by atoms with van der Waals surface area (Å²) in [7, 11) is 0. The molecule has 0 aliphatic rings. The Morgan fingerprint density at radius 2 is 1.89 bits per heavy atom. The number of carbonyl (C=O) groups is 2. The molecule has 10 nitrogen and oxygen atoms in total. The molecular formula is C17H21N3O7. The first kappa shape index (κ1) is 20.1. The molecule has 0 aliphatic carbocycles. The fraction of sp³-hybridized carbons (Fsp3) is 0.471. The normalized spacial score (nSPS) is 11.2. The van der Waals surface area contributed by atoms with Gasteiger partial charge in [0.1, 0.15) is 6.54 Å². The van der Waals surface area contributed by atoms with Crippen molar-refractivity contribution in [3.05, 3.63) is 38.9 Å². The number of fused-ring (bicyclic) bond motifs is 1. The lowest BCUT2D eigenvalue weighted by Gasteiger charge is -2.30. The van der Waals surface area contributed by atoms with Gasteiger partial charge in [-0.3, -0.25) is 24.3 Å². The van der Waals surface area contributed by atoms with Crippen molar-refractivity contribution in [3.8, 4) is 0 Å². The zero-order valence-electron chi connectivity index (χ0n) is 15.5. The number of hydrogen-bond donors (Lipinski definition) is 0. The van der Waals surface area contributed by atoms with E-state index in [0.29, 0.717) is 0 Å². The van der Waals surface area contributed by atoms with Gasteiger partial charge in [-0.15, -0.1) is 0 Å². The lowest BCUT2D eigenvalue weighted by molar-refractivity contribution is -0.384. The number of ether oxygens (including phenoxy) is 1. The summed E-state index contributed by atoms with van der Waals surface area (Å²) in [6.45, 7) is 6.52. The number of esters is 1. The zero-order valence-corrected chi connectivity index (χ0v) is 15.5. The molecule has 0 N–H and O–H groups in total. The molecule has 1 aromatic heterocycles. The van der Waals surface area contributed by atoms with Gasteiger partial charge in [-0.1, -0.05) is 0 Å². The summed E-state index contributed by atoms with van der Waals surface area (Å²) in [5.74, 6) is -1.98. The number of nitrogens with zero attached hydrogens (tertiary/aromatic N) is 3. The number of rotatable bonds is 7. The molecule has 2 rings (SSSR count). The average molecular weight is 379 g/mol. The summed E-state index contributed by atoms with van der Waals surface area (Å²) >= 11 is 0. The minimum Gasteiger partial charge on any atom is -0.454 e. The molecule has 146 valence electrons. The van der Waals surface area contributed by atoms with Gasteiger partial charge >= 0.3 is 11.7 Å². The van der Waals surface area contributed by atoms with E-state index < -0.39 is 29.8 Å². The van der Waals surface area contributed by atoms with E-state index in [0.717, 1.165) is 10.6 Å². The first-order chi connectivity index (χ1) is 12.6. The maximum atomic E-state index is 12.2. The van der Waals surface area contributed by atoms with Crippen molar-refractivity contribution in [2.24, 2.45) is 0 Å². The summed E-state index contributed by atoms with van der Waals surface area (Å²) < 4.78 is 10.9. The molecule has 27 heavy (non-hydrogen) atoms. The lowest BCUT2D eigenvalue weighted by atomic mass is 10.2. The van der Waals surface area contributed by atoms with Gasteiger partial charge in [0.2, 0.25) is 0 Å². The van der Waals surface area contributed by atoms with Crippen LogP contribution in [-0.4, -0.2) is 45.0 Å². The molecule has 0 atom stereocenters. The zero-order chi connectivity index (χ0) is 20.3. The molecule has 1 heterocycles. The Kier molecular flexibility index (Phi) is 5.98. The highest BCUT2D eigenvalue weighted by Crippen LogP contribution is 2.20. The van der Waals surface area contributed by atoms with Crippen LogP contribution in [0.3, 0.4) is 0 Å². The maximum absolute atomic E-state index is 12.2. The van der Waals surface area contributed by atoms with Gasteiger partial charge in [0, 0.05) is 18.2 Å². The van der Waals surface area contributed by atoms with Gasteiger partial charge in [-0.05, 0) is 33.8 Å². The molecule has 0 radical (unpaired) electrons. The van der Waals surface area contributed by atoms with Gasteiger partial charge in [0.05, 0.1) is 16.5 Å². The van der Waals surface area contributed by atoms with Crippen LogP contribution in [0.15, 0.2) is 27.4 Å². The SMILES string of the molecule is CC(C)N(C(=O)COC(=O)Cn1c(=O)oc2cc([N+](=O)[O-])ccc21)C(C)C. The molecule has 0 aliphatic heterocycles. The first-order valence-corrected chi connectivity index (χ1v) is 8.36. The van der Waals surface area contributed by atoms with Crippen molar-refractivity contribution in [1.29, 1.82) is 0 Å². The summed E-state index contributed by atoms with van der Waals surface area (Å²) in [5, 5.41) is 10.8.